The molecule has 6 heteroatoms. The van der Waals surface area contributed by atoms with Crippen LogP contribution in [-0.4, -0.2) is 16.3 Å². The van der Waals surface area contributed by atoms with Gasteiger partial charge in [0.15, 0.2) is 0 Å². The molecule has 4 aromatic carbocycles. The van der Waals surface area contributed by atoms with E-state index >= 15 is 4.39 Å². The number of nitrogens with zero attached hydrogens (tertiary/aromatic N) is 2. The van der Waals surface area contributed by atoms with Crippen LogP contribution in [0, 0.1) is 31.0 Å². The van der Waals surface area contributed by atoms with E-state index < -0.39 is 6.23 Å². The number of pyridine rings is 1. The first-order valence-corrected chi connectivity index (χ1v) is 16.8. The van der Waals surface area contributed by atoms with Gasteiger partial charge in [0, 0.05) is 25.0 Å². The quantitative estimate of drug-likeness (QED) is 0.0875. The molecule has 4 N–H and O–H groups in total. The van der Waals surface area contributed by atoms with E-state index in [2.05, 4.69) is 97.5 Å². The highest BCUT2D eigenvalue weighted by Crippen LogP contribution is 2.35. The van der Waals surface area contributed by atoms with Crippen molar-refractivity contribution in [1.82, 2.24) is 10.3 Å². The molecule has 2 unspecified atom stereocenters. The Morgan fingerprint density at radius 1 is 0.857 bits per heavy atom. The van der Waals surface area contributed by atoms with Gasteiger partial charge >= 0.3 is 0 Å². The lowest BCUT2D eigenvalue weighted by Gasteiger charge is -2.18. The van der Waals surface area contributed by atoms with E-state index in [9.17, 15) is 10.4 Å². The molecule has 0 aliphatic heterocycles. The number of nitriles is 1. The van der Waals surface area contributed by atoms with Crippen molar-refractivity contribution in [1.29, 1.82) is 5.26 Å². The second-order valence-electron chi connectivity index (χ2n) is 13.0. The van der Waals surface area contributed by atoms with Gasteiger partial charge in [-0.15, -0.1) is 0 Å². The average molecular weight is 653 g/mol. The van der Waals surface area contributed by atoms with Crippen molar-refractivity contribution < 1.29 is 9.50 Å². The summed E-state index contributed by atoms with van der Waals surface area (Å²) in [6, 6.07) is 28.8. The molecular weight excluding hydrogens is 607 g/mol. The summed E-state index contributed by atoms with van der Waals surface area (Å²) in [5.74, 6) is -0.259. The normalized spacial score (nSPS) is 12.4. The number of halogens is 1. The zero-order valence-corrected chi connectivity index (χ0v) is 28.9. The molecule has 1 aromatic heterocycles. The molecule has 0 spiro atoms. The van der Waals surface area contributed by atoms with Gasteiger partial charge in [-0.2, -0.15) is 5.26 Å². The standard InChI is InChI=1S/C43H45FN4O/c1-27(2)43(49)48-26-38-22-42(44)37(21-35(38)16-15-31-19-32(23-45)25-47-24-31)18-17-33-9-7-13-40(28(33)3)41-14-8-12-39(29(41)4)36-11-6-10-34(20-36)30(5)46/h6-14,19-22,24-25,30,43,48-49H,1,15-18,26,46H2,2-5H3. The molecule has 250 valence electrons. The molecule has 0 saturated heterocycles. The van der Waals surface area contributed by atoms with E-state index in [-0.39, 0.29) is 11.9 Å². The van der Waals surface area contributed by atoms with Crippen molar-refractivity contribution in [2.75, 3.05) is 0 Å². The van der Waals surface area contributed by atoms with Crippen LogP contribution in [0.25, 0.3) is 22.3 Å². The minimum atomic E-state index is -0.883. The van der Waals surface area contributed by atoms with Gasteiger partial charge in [0.05, 0.1) is 5.56 Å². The van der Waals surface area contributed by atoms with Crippen LogP contribution in [0.5, 0.6) is 0 Å². The number of benzene rings is 4. The van der Waals surface area contributed by atoms with E-state index in [0.29, 0.717) is 48.9 Å². The Balaban J connectivity index is 1.41. The molecule has 5 rings (SSSR count). The topological polar surface area (TPSA) is 95.0 Å². The highest BCUT2D eigenvalue weighted by Gasteiger charge is 2.16. The molecule has 5 nitrogen and oxygen atoms in total. The minimum Gasteiger partial charge on any atom is -0.375 e. The average Bonchev–Trinajstić information content (AvgIpc) is 3.10. The highest BCUT2D eigenvalue weighted by atomic mass is 19.1. The van der Waals surface area contributed by atoms with Gasteiger partial charge in [-0.05, 0) is 144 Å². The maximum atomic E-state index is 15.7. The van der Waals surface area contributed by atoms with Crippen LogP contribution in [0.3, 0.4) is 0 Å². The smallest absolute Gasteiger partial charge is 0.126 e. The van der Waals surface area contributed by atoms with E-state index in [1.54, 1.807) is 25.4 Å². The first-order chi connectivity index (χ1) is 23.5. The van der Waals surface area contributed by atoms with Gasteiger partial charge < -0.3 is 10.8 Å². The zero-order chi connectivity index (χ0) is 35.1. The zero-order valence-electron chi connectivity index (χ0n) is 28.9. The van der Waals surface area contributed by atoms with Crippen LogP contribution in [0.1, 0.15) is 70.0 Å². The second-order valence-corrected chi connectivity index (χ2v) is 13.0. The maximum absolute atomic E-state index is 15.7. The Morgan fingerprint density at radius 3 is 2.27 bits per heavy atom. The molecule has 0 aliphatic carbocycles. The molecule has 2 atom stereocenters. The van der Waals surface area contributed by atoms with Crippen molar-refractivity contribution in [2.45, 2.75) is 72.2 Å². The monoisotopic (exact) mass is 652 g/mol. The van der Waals surface area contributed by atoms with Crippen molar-refractivity contribution in [3.05, 3.63) is 159 Å². The Morgan fingerprint density at radius 2 is 1.53 bits per heavy atom. The lowest BCUT2D eigenvalue weighted by atomic mass is 9.87. The SMILES string of the molecule is C=C(C)C(O)NCc1cc(F)c(CCc2cccc(-c3cccc(-c4cccc(C(C)N)c4)c3C)c2C)cc1CCc1cncc(C#N)c1. The summed E-state index contributed by atoms with van der Waals surface area (Å²) >= 11 is 0. The van der Waals surface area contributed by atoms with Gasteiger partial charge in [0.1, 0.15) is 18.1 Å². The van der Waals surface area contributed by atoms with Crippen LogP contribution in [0.4, 0.5) is 4.39 Å². The number of aromatic nitrogens is 1. The van der Waals surface area contributed by atoms with Gasteiger partial charge in [-0.3, -0.25) is 10.3 Å². The first-order valence-electron chi connectivity index (χ1n) is 16.8. The number of nitrogens with one attached hydrogen (secondary N) is 1. The van der Waals surface area contributed by atoms with Gasteiger partial charge in [0.25, 0.3) is 0 Å². The number of aliphatic hydroxyl groups is 1. The number of aryl methyl sites for hydroxylation is 4. The fraction of sp³-hybridized carbons (Fsp3) is 0.256. The van der Waals surface area contributed by atoms with Crippen LogP contribution in [0.2, 0.25) is 0 Å². The summed E-state index contributed by atoms with van der Waals surface area (Å²) in [5.41, 5.74) is 20.0. The summed E-state index contributed by atoms with van der Waals surface area (Å²) in [6.45, 7) is 12.2. The van der Waals surface area contributed by atoms with Crippen molar-refractivity contribution in [2.24, 2.45) is 5.73 Å². The number of hydrogen-bond acceptors (Lipinski definition) is 5. The molecule has 5 aromatic rings. The van der Waals surface area contributed by atoms with E-state index in [4.69, 9.17) is 5.73 Å². The van der Waals surface area contributed by atoms with E-state index in [1.807, 2.05) is 19.1 Å². The highest BCUT2D eigenvalue weighted by molar-refractivity contribution is 5.80. The molecular formula is C43H45FN4O. The third-order valence-corrected chi connectivity index (χ3v) is 9.39. The predicted molar refractivity (Wildman–Crippen MR) is 197 cm³/mol. The maximum Gasteiger partial charge on any atom is 0.126 e. The molecule has 0 bridgehead atoms. The molecule has 0 radical (unpaired) electrons. The van der Waals surface area contributed by atoms with Gasteiger partial charge in [0.2, 0.25) is 0 Å². The molecule has 0 fully saturated rings. The third kappa shape index (κ3) is 8.57. The molecule has 0 amide bonds. The van der Waals surface area contributed by atoms with Crippen molar-refractivity contribution >= 4 is 0 Å². The summed E-state index contributed by atoms with van der Waals surface area (Å²) in [6.07, 6.45) is 4.94. The molecule has 1 heterocycles. The Hall–Kier alpha value is -4.93. The van der Waals surface area contributed by atoms with Crippen LogP contribution in [0.15, 0.2) is 103 Å². The molecule has 49 heavy (non-hydrogen) atoms. The third-order valence-electron chi connectivity index (χ3n) is 9.39. The van der Waals surface area contributed by atoms with Crippen LogP contribution >= 0.6 is 0 Å². The Bertz CT molecular complexity index is 2010. The van der Waals surface area contributed by atoms with E-state index in [1.165, 1.54) is 33.4 Å². The molecule has 0 saturated carbocycles. The fourth-order valence-electron chi connectivity index (χ4n) is 6.39. The number of hydrogen-bond donors (Lipinski definition) is 3. The van der Waals surface area contributed by atoms with Gasteiger partial charge in [-0.25, -0.2) is 4.39 Å². The first kappa shape index (κ1) is 35.4. The number of aliphatic hydroxyl groups excluding tert-OH is 1. The van der Waals surface area contributed by atoms with Crippen molar-refractivity contribution in [3.8, 4) is 28.3 Å². The number of nitrogens with two attached hydrogens (primary N) is 1. The Labute approximate surface area is 290 Å². The van der Waals surface area contributed by atoms with Crippen LogP contribution in [-0.2, 0) is 32.2 Å². The summed E-state index contributed by atoms with van der Waals surface area (Å²) in [7, 11) is 0. The Kier molecular flexibility index (Phi) is 11.5. The fourth-order valence-corrected chi connectivity index (χ4v) is 6.39. The molecule has 0 aliphatic rings. The lowest BCUT2D eigenvalue weighted by molar-refractivity contribution is 0.171. The van der Waals surface area contributed by atoms with E-state index in [0.717, 1.165) is 27.8 Å². The predicted octanol–water partition coefficient (Wildman–Crippen LogP) is 8.62. The minimum absolute atomic E-state index is 0.0376. The van der Waals surface area contributed by atoms with Crippen LogP contribution < -0.4 is 11.1 Å². The summed E-state index contributed by atoms with van der Waals surface area (Å²) < 4.78 is 15.7. The van der Waals surface area contributed by atoms with Gasteiger partial charge in [-0.1, -0.05) is 67.2 Å². The van der Waals surface area contributed by atoms with Crippen molar-refractivity contribution in [3.63, 3.8) is 0 Å². The summed E-state index contributed by atoms with van der Waals surface area (Å²) in [5, 5.41) is 22.6. The number of rotatable bonds is 13. The second kappa shape index (κ2) is 16.0. The lowest BCUT2D eigenvalue weighted by Crippen LogP contribution is -2.29. The largest absolute Gasteiger partial charge is 0.375 e. The summed E-state index contributed by atoms with van der Waals surface area (Å²) in [4.78, 5) is 4.19.